The van der Waals surface area contributed by atoms with E-state index in [4.69, 9.17) is 4.98 Å². The lowest BCUT2D eigenvalue weighted by molar-refractivity contribution is 0.838. The van der Waals surface area contributed by atoms with Gasteiger partial charge in [-0.2, -0.15) is 0 Å². The Balaban J connectivity index is 1.30. The van der Waals surface area contributed by atoms with Crippen LogP contribution >= 0.6 is 0 Å². The smallest absolute Gasteiger partial charge is 0.0746 e. The van der Waals surface area contributed by atoms with E-state index in [-0.39, 0.29) is 0 Å². The van der Waals surface area contributed by atoms with Crippen LogP contribution < -0.4 is 4.90 Å². The Morgan fingerprint density at radius 2 is 1.27 bits per heavy atom. The molecular weight excluding hydrogens is 544 g/mol. The fourth-order valence-corrected chi connectivity index (χ4v) is 6.67. The molecule has 1 atom stereocenters. The molecule has 1 unspecified atom stereocenters. The van der Waals surface area contributed by atoms with Crippen LogP contribution in [-0.2, 0) is 0 Å². The number of pyridine rings is 1. The molecule has 0 saturated heterocycles. The number of hydrogen-bond donors (Lipinski definition) is 0. The lowest BCUT2D eigenvalue weighted by Gasteiger charge is -2.30. The summed E-state index contributed by atoms with van der Waals surface area (Å²) in [5, 5.41) is 0. The van der Waals surface area contributed by atoms with Crippen LogP contribution in [0, 0.1) is 5.92 Å². The number of fused-ring (bicyclic) bond motifs is 3. The minimum Gasteiger partial charge on any atom is -0.310 e. The van der Waals surface area contributed by atoms with Gasteiger partial charge in [0.2, 0.25) is 0 Å². The molecule has 5 aromatic carbocycles. The van der Waals surface area contributed by atoms with Crippen LogP contribution in [0.2, 0.25) is 0 Å². The second-order valence-electron chi connectivity index (χ2n) is 11.6. The Hall–Kier alpha value is -5.73. The van der Waals surface area contributed by atoms with Gasteiger partial charge in [0.1, 0.15) is 0 Å². The maximum absolute atomic E-state index is 4.86. The van der Waals surface area contributed by atoms with Crippen molar-refractivity contribution in [1.29, 1.82) is 0 Å². The Morgan fingerprint density at radius 3 is 2.09 bits per heavy atom. The molecule has 0 fully saturated rings. The molecule has 8 rings (SSSR count). The van der Waals surface area contributed by atoms with Crippen LogP contribution in [0.15, 0.2) is 170 Å². The van der Waals surface area contributed by atoms with Crippen molar-refractivity contribution in [3.63, 3.8) is 0 Å². The van der Waals surface area contributed by atoms with Crippen LogP contribution in [0.5, 0.6) is 0 Å². The van der Waals surface area contributed by atoms with E-state index in [0.717, 1.165) is 29.2 Å². The summed E-state index contributed by atoms with van der Waals surface area (Å²) in [7, 11) is 0. The van der Waals surface area contributed by atoms with E-state index in [2.05, 4.69) is 169 Å². The monoisotopic (exact) mass is 576 g/mol. The third-order valence-corrected chi connectivity index (χ3v) is 8.82. The number of hydrogen-bond acceptors (Lipinski definition) is 2. The predicted molar refractivity (Wildman–Crippen MR) is 189 cm³/mol. The summed E-state index contributed by atoms with van der Waals surface area (Å²) < 4.78 is 0. The van der Waals surface area contributed by atoms with Gasteiger partial charge < -0.3 is 4.90 Å². The number of allylic oxidation sites excluding steroid dienone is 5. The minimum atomic E-state index is 0.330. The summed E-state index contributed by atoms with van der Waals surface area (Å²) in [6, 6.07) is 52.0. The van der Waals surface area contributed by atoms with Gasteiger partial charge in [0.15, 0.2) is 0 Å². The Bertz CT molecular complexity index is 2070. The molecule has 1 heterocycles. The quantitative estimate of drug-likeness (QED) is 0.196. The molecular formula is C43H32N2. The van der Waals surface area contributed by atoms with E-state index < -0.39 is 0 Å². The van der Waals surface area contributed by atoms with E-state index in [0.29, 0.717) is 5.92 Å². The average Bonchev–Trinajstić information content (AvgIpc) is 3.13. The van der Waals surface area contributed by atoms with Crippen molar-refractivity contribution in [3.05, 3.63) is 187 Å². The molecule has 0 radical (unpaired) electrons. The van der Waals surface area contributed by atoms with Gasteiger partial charge in [-0.15, -0.1) is 0 Å². The summed E-state index contributed by atoms with van der Waals surface area (Å²) in [6.07, 6.45) is 12.1. The first kappa shape index (κ1) is 26.9. The van der Waals surface area contributed by atoms with Gasteiger partial charge in [0.25, 0.3) is 0 Å². The molecule has 2 aliphatic rings. The molecule has 2 aliphatic carbocycles. The first-order valence-electron chi connectivity index (χ1n) is 15.6. The van der Waals surface area contributed by atoms with Crippen LogP contribution in [0.25, 0.3) is 39.5 Å². The molecule has 0 spiro atoms. The highest BCUT2D eigenvalue weighted by molar-refractivity contribution is 6.01. The minimum absolute atomic E-state index is 0.330. The normalized spacial score (nSPS) is 15.0. The molecule has 45 heavy (non-hydrogen) atoms. The highest BCUT2D eigenvalue weighted by Crippen LogP contribution is 2.45. The number of para-hydroxylation sites is 1. The Labute approximate surface area is 265 Å². The first-order valence-corrected chi connectivity index (χ1v) is 15.6. The van der Waals surface area contributed by atoms with E-state index in [9.17, 15) is 0 Å². The topological polar surface area (TPSA) is 16.1 Å². The van der Waals surface area contributed by atoms with E-state index in [1.165, 1.54) is 44.5 Å². The second-order valence-corrected chi connectivity index (χ2v) is 11.6. The van der Waals surface area contributed by atoms with E-state index in [1.54, 1.807) is 0 Å². The largest absolute Gasteiger partial charge is 0.310 e. The molecule has 214 valence electrons. The zero-order chi connectivity index (χ0) is 30.0. The van der Waals surface area contributed by atoms with Gasteiger partial charge in [-0.05, 0) is 76.2 Å². The summed E-state index contributed by atoms with van der Waals surface area (Å²) >= 11 is 0. The van der Waals surface area contributed by atoms with Crippen LogP contribution in [0.3, 0.4) is 0 Å². The molecule has 2 nitrogen and oxygen atoms in total. The molecule has 2 heteroatoms. The van der Waals surface area contributed by atoms with Crippen LogP contribution in [0.4, 0.5) is 17.1 Å². The molecule has 0 N–H and O–H groups in total. The number of anilines is 3. The highest BCUT2D eigenvalue weighted by atomic mass is 15.1. The highest BCUT2D eigenvalue weighted by Gasteiger charge is 2.26. The van der Waals surface area contributed by atoms with Crippen molar-refractivity contribution in [3.8, 4) is 22.3 Å². The van der Waals surface area contributed by atoms with Gasteiger partial charge in [0, 0.05) is 34.6 Å². The van der Waals surface area contributed by atoms with Crippen molar-refractivity contribution >= 4 is 34.3 Å². The van der Waals surface area contributed by atoms with E-state index >= 15 is 0 Å². The third kappa shape index (κ3) is 5.11. The average molecular weight is 577 g/mol. The predicted octanol–water partition coefficient (Wildman–Crippen LogP) is 11.4. The molecule has 0 aliphatic heterocycles. The molecule has 0 amide bonds. The van der Waals surface area contributed by atoms with Crippen molar-refractivity contribution in [2.45, 2.75) is 6.42 Å². The zero-order valence-corrected chi connectivity index (χ0v) is 24.9. The summed E-state index contributed by atoms with van der Waals surface area (Å²) in [5.74, 6) is 0.330. The standard InChI is InChI=1S/C43H32N2/c1-3-12-31(13-4-1)32-25-27-37(28-26-32)45(41-22-8-7-20-39(41)33-14-5-2-6-15-33)38-19-9-17-36(30-38)40-21-10-16-34-23-24-35-18-11-29-44-43(35)42(34)40/h1-15,17-30,34H,16H2. The van der Waals surface area contributed by atoms with Crippen LogP contribution in [-0.4, -0.2) is 4.98 Å². The maximum atomic E-state index is 4.86. The second kappa shape index (κ2) is 11.7. The third-order valence-electron chi connectivity index (χ3n) is 8.82. The molecule has 1 aromatic heterocycles. The van der Waals surface area contributed by atoms with Crippen molar-refractivity contribution in [2.75, 3.05) is 4.90 Å². The number of benzene rings is 5. The van der Waals surface area contributed by atoms with Crippen molar-refractivity contribution in [1.82, 2.24) is 4.98 Å². The number of nitrogens with zero attached hydrogens (tertiary/aromatic N) is 2. The molecule has 0 bridgehead atoms. The lowest BCUT2D eigenvalue weighted by Crippen LogP contribution is -2.13. The fraction of sp³-hybridized carbons (Fsp3) is 0.0465. The van der Waals surface area contributed by atoms with Gasteiger partial charge >= 0.3 is 0 Å². The Kier molecular flexibility index (Phi) is 7.01. The zero-order valence-electron chi connectivity index (χ0n) is 24.9. The van der Waals surface area contributed by atoms with Crippen molar-refractivity contribution < 1.29 is 0 Å². The summed E-state index contributed by atoms with van der Waals surface area (Å²) in [4.78, 5) is 7.25. The maximum Gasteiger partial charge on any atom is 0.0746 e. The Morgan fingerprint density at radius 1 is 0.556 bits per heavy atom. The van der Waals surface area contributed by atoms with Gasteiger partial charge in [-0.3, -0.25) is 4.98 Å². The fourth-order valence-electron chi connectivity index (χ4n) is 6.67. The SMILES string of the molecule is C1=CC(c2cccc(N(c3ccc(-c4ccccc4)cc3)c3ccccc3-c3ccccc3)c2)=C2c3ncccc3C=CC2C1. The molecule has 6 aromatic rings. The number of rotatable bonds is 6. The van der Waals surface area contributed by atoms with Crippen molar-refractivity contribution in [2.24, 2.45) is 5.92 Å². The first-order chi connectivity index (χ1) is 22.3. The van der Waals surface area contributed by atoms with Gasteiger partial charge in [-0.25, -0.2) is 0 Å². The lowest BCUT2D eigenvalue weighted by atomic mass is 9.78. The van der Waals surface area contributed by atoms with Gasteiger partial charge in [0.05, 0.1) is 11.4 Å². The molecule has 0 saturated carbocycles. The van der Waals surface area contributed by atoms with Gasteiger partial charge in [-0.1, -0.05) is 133 Å². The number of aromatic nitrogens is 1. The van der Waals surface area contributed by atoms with E-state index in [1.807, 2.05) is 12.3 Å². The van der Waals surface area contributed by atoms with Crippen LogP contribution in [0.1, 0.15) is 23.2 Å². The summed E-state index contributed by atoms with van der Waals surface area (Å²) in [5.41, 5.74) is 14.2. The summed E-state index contributed by atoms with van der Waals surface area (Å²) in [6.45, 7) is 0.